The van der Waals surface area contributed by atoms with Crippen molar-refractivity contribution in [3.8, 4) is 0 Å². The molecule has 0 spiro atoms. The van der Waals surface area contributed by atoms with Gasteiger partial charge in [-0.1, -0.05) is 350 Å². The number of hydrogen-bond acceptors (Lipinski definition) is 18. The number of benzene rings is 1. The summed E-state index contributed by atoms with van der Waals surface area (Å²) in [6.45, 7) is 99.1. The highest BCUT2D eigenvalue weighted by Gasteiger charge is 2.07. The number of thiazole rings is 1. The van der Waals surface area contributed by atoms with Gasteiger partial charge < -0.3 is 17.8 Å². The first kappa shape index (κ1) is 141. The third-order valence-corrected chi connectivity index (χ3v) is 5.02. The molecule has 0 fully saturated rings. The summed E-state index contributed by atoms with van der Waals surface area (Å²) < 4.78 is 22.2. The molecule has 0 amide bonds. The molecule has 0 bridgehead atoms. The Bertz CT molecular complexity index is 1420. The topological polar surface area (TPSA) is 194 Å². The maximum atomic E-state index is 5.52. The van der Waals surface area contributed by atoms with E-state index < -0.39 is 0 Å². The smallest absolute Gasteiger partial charge is 0.213 e. The van der Waals surface area contributed by atoms with Gasteiger partial charge in [-0.3, -0.25) is 4.98 Å². The summed E-state index contributed by atoms with van der Waals surface area (Å²) in [4.78, 5) is 18.7. The van der Waals surface area contributed by atoms with Crippen LogP contribution >= 0.6 is 34.2 Å². The van der Waals surface area contributed by atoms with Crippen LogP contribution < -0.4 is 0 Å². The van der Waals surface area contributed by atoms with Crippen LogP contribution in [-0.2, 0) is 0 Å². The molecule has 0 aliphatic rings. The summed E-state index contributed by atoms with van der Waals surface area (Å²) in [5.74, 6) is 6.17. The monoisotopic (exact) mass is 1400 g/mol. The van der Waals surface area contributed by atoms with E-state index in [0.717, 1.165) is 52.5 Å². The summed E-state index contributed by atoms with van der Waals surface area (Å²) in [5.41, 5.74) is 8.66. The first-order valence-electron chi connectivity index (χ1n) is 35.9. The van der Waals surface area contributed by atoms with Gasteiger partial charge in [0, 0.05) is 17.5 Å². The van der Waals surface area contributed by atoms with E-state index in [1.165, 1.54) is 67.4 Å². The molecule has 8 rings (SSSR count). The fraction of sp³-hybridized carbons (Fsp3) is 0.724. The van der Waals surface area contributed by atoms with Crippen molar-refractivity contribution >= 4 is 45.3 Å². The maximum absolute atomic E-state index is 5.52. The normalized spacial score (nSPS) is 7.18. The lowest BCUT2D eigenvalue weighted by molar-refractivity contribution is 0.416. The molecular formula is C76H169N11O4S3. The van der Waals surface area contributed by atoms with E-state index in [1.54, 1.807) is 45.8 Å². The quantitative estimate of drug-likeness (QED) is 0.150. The number of rotatable bonds is 1. The predicted octanol–water partition coefficient (Wildman–Crippen LogP) is 30.3. The Morgan fingerprint density at radius 2 is 0.713 bits per heavy atom. The van der Waals surface area contributed by atoms with Crippen LogP contribution in [0.4, 0.5) is 0 Å². The molecule has 15 nitrogen and oxygen atoms in total. The zero-order valence-electron chi connectivity index (χ0n) is 71.7. The van der Waals surface area contributed by atoms with Gasteiger partial charge in [-0.15, -0.1) is 43.1 Å². The lowest BCUT2D eigenvalue weighted by Crippen LogP contribution is -1.84. The van der Waals surface area contributed by atoms with Crippen LogP contribution in [0.15, 0.2) is 126 Å². The average molecular weight is 1400 g/mol. The average Bonchev–Trinajstić information content (AvgIpc) is 1.74. The molecule has 0 saturated heterocycles. The standard InChI is InChI=1S/C10H11NO.6C4H10.C3H3NO.C3H3NS.2C2H2N2O.2C2H2N2S.14C2H6/c1-7(2)10-11-8-5-3-4-6-9(8)12-10;6*1-4(2)3;2*1-2-5-3-4-1;1-3-4-2-5-1;1-3-2-5-4-1;1-3-4-2-5-1;1-3-2-5-4-1;14*1-2/h3-7H,1-2H3;6*4H,1-3H3;2*1-3H;4*1-2H;14*1-2H3. The van der Waals surface area contributed by atoms with Crippen LogP contribution in [-0.4, -0.2) is 54.8 Å². The number of nitrogens with zero attached hydrogens (tertiary/aromatic N) is 11. The van der Waals surface area contributed by atoms with Crippen molar-refractivity contribution < 1.29 is 17.8 Å². The summed E-state index contributed by atoms with van der Waals surface area (Å²) in [6, 6.07) is 7.82. The Morgan fingerprint density at radius 1 is 0.340 bits per heavy atom. The van der Waals surface area contributed by atoms with E-state index >= 15 is 0 Å². The fourth-order valence-electron chi connectivity index (χ4n) is 2.03. The van der Waals surface area contributed by atoms with Gasteiger partial charge in [-0.2, -0.15) is 4.37 Å². The minimum atomic E-state index is 0.359. The third-order valence-electron chi connectivity index (χ3n) is 3.63. The van der Waals surface area contributed by atoms with Gasteiger partial charge in [0.15, 0.2) is 24.2 Å². The van der Waals surface area contributed by atoms with Gasteiger partial charge in [-0.25, -0.2) is 19.9 Å². The van der Waals surface area contributed by atoms with Gasteiger partial charge in [0.1, 0.15) is 34.6 Å². The number of aromatic nitrogens is 11. The lowest BCUT2D eigenvalue weighted by atomic mass is 10.2. The minimum Gasteiger partial charge on any atom is -0.452 e. The second-order valence-corrected chi connectivity index (χ2v) is 19.3. The van der Waals surface area contributed by atoms with Gasteiger partial charge in [0.05, 0.1) is 11.7 Å². The van der Waals surface area contributed by atoms with E-state index in [2.05, 4.69) is 207 Å². The van der Waals surface area contributed by atoms with Crippen molar-refractivity contribution in [1.82, 2.24) is 54.8 Å². The minimum absolute atomic E-state index is 0.359. The first-order valence-corrected chi connectivity index (χ1v) is 38.6. The molecule has 0 unspecified atom stereocenters. The molecule has 570 valence electrons. The highest BCUT2D eigenvalue weighted by Crippen LogP contribution is 2.20. The molecule has 0 aliphatic carbocycles. The van der Waals surface area contributed by atoms with E-state index in [-0.39, 0.29) is 0 Å². The number of hydrogen-bond donors (Lipinski definition) is 0. The second-order valence-electron chi connectivity index (χ2n) is 17.2. The molecule has 8 aromatic rings. The van der Waals surface area contributed by atoms with Gasteiger partial charge >= 0.3 is 0 Å². The zero-order chi connectivity index (χ0) is 79.2. The Kier molecular flexibility index (Phi) is 268. The highest BCUT2D eigenvalue weighted by atomic mass is 32.1. The van der Waals surface area contributed by atoms with Crippen LogP contribution in [0, 0.1) is 35.5 Å². The Labute approximate surface area is 602 Å². The van der Waals surface area contributed by atoms with Gasteiger partial charge in [0.25, 0.3) is 0 Å². The van der Waals surface area contributed by atoms with Crippen molar-refractivity contribution in [3.05, 3.63) is 114 Å². The molecule has 7 heterocycles. The van der Waals surface area contributed by atoms with Gasteiger partial charge in [-0.05, 0) is 59.2 Å². The molecule has 0 radical (unpaired) electrons. The number of fused-ring (bicyclic) bond motifs is 1. The molecule has 0 aliphatic heterocycles. The molecular weight excluding hydrogens is 1230 g/mol. The molecule has 18 heteroatoms. The third kappa shape index (κ3) is 279. The Hall–Kier alpha value is -5.07. The first-order chi connectivity index (χ1) is 45.2. The fourth-order valence-corrected chi connectivity index (χ4v) is 2.93. The molecule has 0 N–H and O–H groups in total. The van der Waals surface area contributed by atoms with E-state index in [9.17, 15) is 0 Å². The van der Waals surface area contributed by atoms with Crippen LogP contribution in [0.1, 0.15) is 344 Å². The Morgan fingerprint density at radius 3 is 0.862 bits per heavy atom. The van der Waals surface area contributed by atoms with E-state index in [1.807, 2.05) is 224 Å². The number of para-hydroxylation sites is 2. The molecule has 1 aromatic carbocycles. The van der Waals surface area contributed by atoms with Crippen molar-refractivity contribution in [2.24, 2.45) is 35.5 Å². The SMILES string of the molecule is CC.CC.CC.CC.CC.CC.CC.CC.CC.CC.CC.CC.CC.CC.CC(C)C.CC(C)C.CC(C)C.CC(C)C.CC(C)C.CC(C)C.CC(C)c1nc2ccccc2o1.c1cocn1.c1cscn1.c1ncon1.c1ncsn1.c1nnco1.c1nncs1. The maximum Gasteiger partial charge on any atom is 0.213 e. The highest BCUT2D eigenvalue weighted by molar-refractivity contribution is 7.07. The van der Waals surface area contributed by atoms with Crippen LogP contribution in [0.3, 0.4) is 0 Å². The van der Waals surface area contributed by atoms with E-state index in [4.69, 9.17) is 4.42 Å². The van der Waals surface area contributed by atoms with Gasteiger partial charge in [0.2, 0.25) is 19.2 Å². The predicted molar refractivity (Wildman–Crippen MR) is 437 cm³/mol. The molecule has 0 atom stereocenters. The van der Waals surface area contributed by atoms with Crippen molar-refractivity contribution in [2.75, 3.05) is 0 Å². The van der Waals surface area contributed by atoms with Crippen molar-refractivity contribution in [3.63, 3.8) is 0 Å². The summed E-state index contributed by atoms with van der Waals surface area (Å²) >= 11 is 4.44. The summed E-state index contributed by atoms with van der Waals surface area (Å²) in [7, 11) is 0. The van der Waals surface area contributed by atoms with Crippen LogP contribution in [0.2, 0.25) is 0 Å². The molecule has 94 heavy (non-hydrogen) atoms. The van der Waals surface area contributed by atoms with Crippen molar-refractivity contribution in [2.45, 2.75) is 338 Å². The zero-order valence-corrected chi connectivity index (χ0v) is 74.2. The Balaban J connectivity index is -0.0000000374. The molecule has 7 aromatic heterocycles. The van der Waals surface area contributed by atoms with Crippen molar-refractivity contribution in [1.29, 1.82) is 0 Å². The summed E-state index contributed by atoms with van der Waals surface area (Å²) in [6.07, 6.45) is 12.9. The summed E-state index contributed by atoms with van der Waals surface area (Å²) in [5, 5.41) is 18.8. The molecule has 0 saturated carbocycles. The second kappa shape index (κ2) is 179. The number of oxazole rings is 2. The lowest BCUT2D eigenvalue weighted by Gasteiger charge is -1.93. The van der Waals surface area contributed by atoms with Crippen LogP contribution in [0.5, 0.6) is 0 Å². The van der Waals surface area contributed by atoms with Crippen LogP contribution in [0.25, 0.3) is 11.1 Å². The van der Waals surface area contributed by atoms with E-state index in [0.29, 0.717) is 5.92 Å². The largest absolute Gasteiger partial charge is 0.452 e.